The normalized spacial score (nSPS) is 19.0. The van der Waals surface area contributed by atoms with Gasteiger partial charge < -0.3 is 15.0 Å². The maximum Gasteiger partial charge on any atom is 0.268 e. The molecule has 134 valence electrons. The van der Waals surface area contributed by atoms with Gasteiger partial charge in [-0.25, -0.2) is 0 Å². The van der Waals surface area contributed by atoms with Crippen molar-refractivity contribution in [3.05, 3.63) is 87.7 Å². The summed E-state index contributed by atoms with van der Waals surface area (Å²) in [4.78, 5) is 19.7. The van der Waals surface area contributed by atoms with Gasteiger partial charge in [-0.1, -0.05) is 42.5 Å². The van der Waals surface area contributed by atoms with Crippen LogP contribution in [0.15, 0.2) is 66.0 Å². The van der Waals surface area contributed by atoms with Gasteiger partial charge >= 0.3 is 0 Å². The van der Waals surface area contributed by atoms with Gasteiger partial charge in [0.25, 0.3) is 5.91 Å². The number of aryl methyl sites for hydroxylation is 1. The van der Waals surface area contributed by atoms with E-state index in [1.165, 1.54) is 0 Å². The molecule has 2 aromatic carbocycles. The molecule has 0 saturated carbocycles. The van der Waals surface area contributed by atoms with E-state index in [1.54, 1.807) is 16.2 Å². The number of carbonyl (C=O) groups excluding carboxylic acids is 1. The van der Waals surface area contributed by atoms with Crippen LogP contribution in [0.2, 0.25) is 0 Å². The Hall–Kier alpha value is -2.89. The number of hydrogen-bond acceptors (Lipinski definition) is 3. The molecule has 0 radical (unpaired) electrons. The topological polar surface area (TPSA) is 56.3 Å². The standard InChI is InChI=1S/C22H18N2O2S/c1-14-20(16-8-2-4-10-18(16)23-14)22(26)17-9-3-5-11-19(17)24(21(22)25)13-15-7-6-12-27-15/h2-12,23,26H,13H2,1H3. The number of anilines is 1. The minimum absolute atomic E-state index is 0.301. The Kier molecular flexibility index (Phi) is 3.50. The second-order valence-corrected chi connectivity index (χ2v) is 7.90. The Morgan fingerprint density at radius 1 is 1.07 bits per heavy atom. The Morgan fingerprint density at radius 2 is 1.85 bits per heavy atom. The number of H-pyrrole nitrogens is 1. The van der Waals surface area contributed by atoms with Crippen molar-refractivity contribution in [2.24, 2.45) is 0 Å². The van der Waals surface area contributed by atoms with Crippen LogP contribution in [0.5, 0.6) is 0 Å². The molecule has 0 bridgehead atoms. The number of para-hydroxylation sites is 2. The number of carbonyl (C=O) groups is 1. The minimum atomic E-state index is -1.70. The van der Waals surface area contributed by atoms with Gasteiger partial charge in [-0.15, -0.1) is 11.3 Å². The highest BCUT2D eigenvalue weighted by molar-refractivity contribution is 7.09. The highest BCUT2D eigenvalue weighted by atomic mass is 32.1. The van der Waals surface area contributed by atoms with Crippen molar-refractivity contribution in [3.63, 3.8) is 0 Å². The van der Waals surface area contributed by atoms with Gasteiger partial charge in [0, 0.05) is 32.6 Å². The van der Waals surface area contributed by atoms with Crippen molar-refractivity contribution in [1.29, 1.82) is 0 Å². The van der Waals surface area contributed by atoms with E-state index in [0.29, 0.717) is 17.7 Å². The van der Waals surface area contributed by atoms with Gasteiger partial charge in [-0.2, -0.15) is 0 Å². The molecule has 5 heteroatoms. The van der Waals surface area contributed by atoms with Gasteiger partial charge in [0.2, 0.25) is 0 Å². The molecular weight excluding hydrogens is 356 g/mol. The summed E-state index contributed by atoms with van der Waals surface area (Å²) < 4.78 is 0. The zero-order valence-electron chi connectivity index (χ0n) is 14.8. The molecule has 0 spiro atoms. The zero-order valence-corrected chi connectivity index (χ0v) is 15.6. The first-order valence-corrected chi connectivity index (χ1v) is 9.72. The van der Waals surface area contributed by atoms with Crippen molar-refractivity contribution < 1.29 is 9.90 Å². The van der Waals surface area contributed by atoms with Gasteiger partial charge in [-0.05, 0) is 30.5 Å². The van der Waals surface area contributed by atoms with Crippen LogP contribution >= 0.6 is 11.3 Å². The van der Waals surface area contributed by atoms with Crippen LogP contribution in [-0.2, 0) is 16.9 Å². The quantitative estimate of drug-likeness (QED) is 0.561. The number of thiophene rings is 1. The molecule has 27 heavy (non-hydrogen) atoms. The largest absolute Gasteiger partial charge is 0.372 e. The highest BCUT2D eigenvalue weighted by Gasteiger charge is 2.52. The Bertz CT molecular complexity index is 1160. The molecule has 1 aliphatic heterocycles. The van der Waals surface area contributed by atoms with E-state index in [4.69, 9.17) is 0 Å². The first-order chi connectivity index (χ1) is 13.1. The van der Waals surface area contributed by atoms with Crippen LogP contribution in [0.4, 0.5) is 5.69 Å². The third-order valence-electron chi connectivity index (χ3n) is 5.29. The lowest BCUT2D eigenvalue weighted by Crippen LogP contribution is -2.41. The van der Waals surface area contributed by atoms with E-state index < -0.39 is 5.60 Å². The van der Waals surface area contributed by atoms with Crippen LogP contribution in [0.1, 0.15) is 21.7 Å². The van der Waals surface area contributed by atoms with Crippen molar-refractivity contribution in [3.8, 4) is 0 Å². The number of aromatic amines is 1. The fourth-order valence-electron chi connectivity index (χ4n) is 4.13. The van der Waals surface area contributed by atoms with Crippen molar-refractivity contribution >= 4 is 33.8 Å². The Balaban J connectivity index is 1.74. The van der Waals surface area contributed by atoms with E-state index in [1.807, 2.05) is 73.0 Å². The van der Waals surface area contributed by atoms with Gasteiger partial charge in [0.05, 0.1) is 12.2 Å². The summed E-state index contributed by atoms with van der Waals surface area (Å²) in [5, 5.41) is 14.7. The highest BCUT2D eigenvalue weighted by Crippen LogP contribution is 2.47. The molecule has 0 aliphatic carbocycles. The van der Waals surface area contributed by atoms with E-state index in [2.05, 4.69) is 4.98 Å². The molecule has 1 amide bonds. The number of benzene rings is 2. The molecular formula is C22H18N2O2S. The van der Waals surface area contributed by atoms with Crippen LogP contribution in [0.25, 0.3) is 10.9 Å². The van der Waals surface area contributed by atoms with Crippen LogP contribution < -0.4 is 4.90 Å². The third-order valence-corrected chi connectivity index (χ3v) is 6.15. The lowest BCUT2D eigenvalue weighted by Gasteiger charge is -2.24. The maximum atomic E-state index is 13.6. The molecule has 5 rings (SSSR count). The lowest BCUT2D eigenvalue weighted by atomic mass is 9.85. The van der Waals surface area contributed by atoms with Crippen LogP contribution in [0.3, 0.4) is 0 Å². The Labute approximate surface area is 160 Å². The van der Waals surface area contributed by atoms with Gasteiger partial charge in [0.15, 0.2) is 5.60 Å². The fraction of sp³-hybridized carbons (Fsp3) is 0.136. The molecule has 1 atom stereocenters. The molecule has 4 nitrogen and oxygen atoms in total. The molecule has 1 aliphatic rings. The van der Waals surface area contributed by atoms with Gasteiger partial charge in [0.1, 0.15) is 0 Å². The average Bonchev–Trinajstić information content (AvgIpc) is 3.35. The first-order valence-electron chi connectivity index (χ1n) is 8.84. The number of aromatic nitrogens is 1. The van der Waals surface area contributed by atoms with Crippen molar-refractivity contribution in [2.45, 2.75) is 19.1 Å². The summed E-state index contributed by atoms with van der Waals surface area (Å²) in [5.41, 5.74) is 2.07. The van der Waals surface area contributed by atoms with E-state index in [0.717, 1.165) is 27.2 Å². The van der Waals surface area contributed by atoms with Crippen LogP contribution in [0, 0.1) is 6.92 Å². The smallest absolute Gasteiger partial charge is 0.268 e. The number of hydrogen-bond donors (Lipinski definition) is 2. The molecule has 0 fully saturated rings. The van der Waals surface area contributed by atoms with E-state index >= 15 is 0 Å². The molecule has 1 unspecified atom stereocenters. The number of fused-ring (bicyclic) bond motifs is 2. The first kappa shape index (κ1) is 16.3. The number of nitrogens with one attached hydrogen (secondary N) is 1. The second kappa shape index (κ2) is 5.81. The average molecular weight is 374 g/mol. The number of aliphatic hydroxyl groups is 1. The number of amides is 1. The maximum absolute atomic E-state index is 13.6. The summed E-state index contributed by atoms with van der Waals surface area (Å²) in [5.74, 6) is -0.301. The summed E-state index contributed by atoms with van der Waals surface area (Å²) in [7, 11) is 0. The van der Waals surface area contributed by atoms with Crippen molar-refractivity contribution in [1.82, 2.24) is 4.98 Å². The monoisotopic (exact) mass is 374 g/mol. The molecule has 2 N–H and O–H groups in total. The SMILES string of the molecule is Cc1[nH]c2ccccc2c1C1(O)C(=O)N(Cc2cccs2)c2ccccc21. The fourth-order valence-corrected chi connectivity index (χ4v) is 4.83. The third kappa shape index (κ3) is 2.22. The van der Waals surface area contributed by atoms with Crippen LogP contribution in [-0.4, -0.2) is 16.0 Å². The number of rotatable bonds is 3. The Morgan fingerprint density at radius 3 is 2.67 bits per heavy atom. The molecule has 3 heterocycles. The summed E-state index contributed by atoms with van der Waals surface area (Å²) in [6.07, 6.45) is 0. The summed E-state index contributed by atoms with van der Waals surface area (Å²) >= 11 is 1.61. The minimum Gasteiger partial charge on any atom is -0.372 e. The predicted octanol–water partition coefficient (Wildman–Crippen LogP) is 4.32. The van der Waals surface area contributed by atoms with E-state index in [9.17, 15) is 9.90 Å². The van der Waals surface area contributed by atoms with Gasteiger partial charge in [-0.3, -0.25) is 4.79 Å². The summed E-state index contributed by atoms with van der Waals surface area (Å²) in [6.45, 7) is 2.36. The predicted molar refractivity (Wildman–Crippen MR) is 108 cm³/mol. The molecule has 2 aromatic heterocycles. The molecule has 4 aromatic rings. The van der Waals surface area contributed by atoms with E-state index in [-0.39, 0.29) is 5.91 Å². The second-order valence-electron chi connectivity index (χ2n) is 6.87. The zero-order chi connectivity index (χ0) is 18.6. The summed E-state index contributed by atoms with van der Waals surface area (Å²) in [6, 6.07) is 19.3. The van der Waals surface area contributed by atoms with Crippen molar-refractivity contribution in [2.75, 3.05) is 4.90 Å². The molecule has 0 saturated heterocycles. The lowest BCUT2D eigenvalue weighted by molar-refractivity contribution is -0.132. The number of nitrogens with zero attached hydrogens (tertiary/aromatic N) is 1.